The molecule has 1 saturated carbocycles. The van der Waals surface area contributed by atoms with Crippen LogP contribution in [0.15, 0.2) is 35.9 Å². The third-order valence-corrected chi connectivity index (χ3v) is 3.15. The van der Waals surface area contributed by atoms with Gasteiger partial charge in [-0.1, -0.05) is 42.0 Å². The summed E-state index contributed by atoms with van der Waals surface area (Å²) in [6, 6.07) is 12.1. The molecule has 2 heteroatoms. The van der Waals surface area contributed by atoms with E-state index in [1.165, 1.54) is 0 Å². The van der Waals surface area contributed by atoms with Gasteiger partial charge in [0.1, 0.15) is 5.78 Å². The van der Waals surface area contributed by atoms with Gasteiger partial charge in [-0.15, -0.1) is 0 Å². The largest absolute Gasteiger partial charge is 0.300 e. The lowest BCUT2D eigenvalue weighted by Gasteiger charge is -2.34. The molecule has 0 bridgehead atoms. The van der Waals surface area contributed by atoms with Crippen molar-refractivity contribution in [3.63, 3.8) is 0 Å². The lowest BCUT2D eigenvalue weighted by molar-refractivity contribution is -0.128. The number of allylic oxidation sites excluding steroid dienone is 1. The van der Waals surface area contributed by atoms with Crippen LogP contribution in [0.3, 0.4) is 0 Å². The third kappa shape index (κ3) is 1.77. The zero-order valence-corrected chi connectivity index (χ0v) is 9.23. The molecule has 16 heavy (non-hydrogen) atoms. The Morgan fingerprint density at radius 2 is 2.00 bits per heavy atom. The molecular formula is C14H13NO. The van der Waals surface area contributed by atoms with Crippen LogP contribution in [0.1, 0.15) is 25.3 Å². The normalized spacial score (nSPS) is 18.8. The maximum atomic E-state index is 11.1. The molecule has 1 aliphatic rings. The first kappa shape index (κ1) is 10.6. The highest BCUT2D eigenvalue weighted by atomic mass is 16.1. The molecule has 0 saturated heterocycles. The summed E-state index contributed by atoms with van der Waals surface area (Å²) in [7, 11) is 0. The molecule has 2 nitrogen and oxygen atoms in total. The van der Waals surface area contributed by atoms with Crippen molar-refractivity contribution in [1.82, 2.24) is 0 Å². The molecule has 80 valence electrons. The summed E-state index contributed by atoms with van der Waals surface area (Å²) in [4.78, 5) is 11.1. The lowest BCUT2D eigenvalue weighted by Crippen LogP contribution is -2.37. The van der Waals surface area contributed by atoms with E-state index >= 15 is 0 Å². The zero-order chi connectivity index (χ0) is 11.6. The van der Waals surface area contributed by atoms with E-state index in [0.29, 0.717) is 12.8 Å². The van der Waals surface area contributed by atoms with E-state index in [-0.39, 0.29) is 5.78 Å². The highest BCUT2D eigenvalue weighted by Crippen LogP contribution is 2.44. The minimum Gasteiger partial charge on any atom is -0.300 e. The fourth-order valence-corrected chi connectivity index (χ4v) is 2.00. The standard InChI is InChI=1S/C14H13NO/c1-11(7-12-5-3-2-4-6-12)14(10-15)8-13(16)9-14/h2-7H,8-9H2,1H3/b11-7-. The molecule has 0 heterocycles. The molecule has 0 aliphatic heterocycles. The van der Waals surface area contributed by atoms with Crippen LogP contribution in [0, 0.1) is 16.7 Å². The Morgan fingerprint density at radius 3 is 2.50 bits per heavy atom. The maximum absolute atomic E-state index is 11.1. The monoisotopic (exact) mass is 211 g/mol. The molecule has 1 aromatic carbocycles. The van der Waals surface area contributed by atoms with Gasteiger partial charge in [0.05, 0.1) is 11.5 Å². The summed E-state index contributed by atoms with van der Waals surface area (Å²) in [6.07, 6.45) is 2.74. The SMILES string of the molecule is C/C(=C/c1ccccc1)C1(C#N)CC(=O)C1. The number of carbonyl (C=O) groups excluding carboxylic acids is 1. The molecule has 0 unspecified atom stereocenters. The number of hydrogen-bond acceptors (Lipinski definition) is 2. The Kier molecular flexibility index (Phi) is 2.62. The van der Waals surface area contributed by atoms with Crippen LogP contribution >= 0.6 is 0 Å². The van der Waals surface area contributed by atoms with Gasteiger partial charge in [0.15, 0.2) is 0 Å². The second-order valence-electron chi connectivity index (χ2n) is 4.32. The number of rotatable bonds is 2. The minimum atomic E-state index is -0.535. The molecule has 0 N–H and O–H groups in total. The number of hydrogen-bond donors (Lipinski definition) is 0. The van der Waals surface area contributed by atoms with Crippen molar-refractivity contribution in [2.24, 2.45) is 5.41 Å². The number of Topliss-reactive ketones (excluding diaryl/α,β-unsaturated/α-hetero) is 1. The van der Waals surface area contributed by atoms with Crippen molar-refractivity contribution in [2.45, 2.75) is 19.8 Å². The average molecular weight is 211 g/mol. The number of carbonyl (C=O) groups is 1. The Bertz CT molecular complexity index is 471. The Morgan fingerprint density at radius 1 is 1.38 bits per heavy atom. The van der Waals surface area contributed by atoms with Gasteiger partial charge in [-0.25, -0.2) is 0 Å². The van der Waals surface area contributed by atoms with Gasteiger partial charge in [-0.05, 0) is 12.5 Å². The van der Waals surface area contributed by atoms with Crippen LogP contribution in [0.4, 0.5) is 0 Å². The van der Waals surface area contributed by atoms with Crippen molar-refractivity contribution < 1.29 is 4.79 Å². The first-order chi connectivity index (χ1) is 7.66. The van der Waals surface area contributed by atoms with Crippen LogP contribution in [0.2, 0.25) is 0 Å². The highest BCUT2D eigenvalue weighted by Gasteiger charge is 2.45. The van der Waals surface area contributed by atoms with E-state index in [2.05, 4.69) is 6.07 Å². The lowest BCUT2D eigenvalue weighted by atomic mass is 9.64. The van der Waals surface area contributed by atoms with Crippen molar-refractivity contribution in [3.05, 3.63) is 41.5 Å². The maximum Gasteiger partial charge on any atom is 0.136 e. The minimum absolute atomic E-state index is 0.183. The molecule has 0 radical (unpaired) electrons. The Balaban J connectivity index is 2.26. The molecule has 2 rings (SSSR count). The van der Waals surface area contributed by atoms with E-state index in [4.69, 9.17) is 5.26 Å². The smallest absolute Gasteiger partial charge is 0.136 e. The van der Waals surface area contributed by atoms with Crippen LogP contribution in [-0.2, 0) is 4.79 Å². The van der Waals surface area contributed by atoms with Crippen molar-refractivity contribution >= 4 is 11.9 Å². The molecule has 0 aromatic heterocycles. The molecule has 1 aromatic rings. The van der Waals surface area contributed by atoms with Gasteiger partial charge < -0.3 is 0 Å². The summed E-state index contributed by atoms with van der Waals surface area (Å²) in [5, 5.41) is 9.16. The van der Waals surface area contributed by atoms with Gasteiger partial charge in [0, 0.05) is 12.8 Å². The summed E-state index contributed by atoms with van der Waals surface area (Å²) in [5.41, 5.74) is 1.53. The van der Waals surface area contributed by atoms with Crippen molar-refractivity contribution in [1.29, 1.82) is 5.26 Å². The van der Waals surface area contributed by atoms with Crippen LogP contribution in [0.5, 0.6) is 0 Å². The summed E-state index contributed by atoms with van der Waals surface area (Å²) in [6.45, 7) is 1.93. The topological polar surface area (TPSA) is 40.9 Å². The number of ketones is 1. The van der Waals surface area contributed by atoms with Crippen LogP contribution < -0.4 is 0 Å². The fourth-order valence-electron chi connectivity index (χ4n) is 2.00. The predicted octanol–water partition coefficient (Wildman–Crippen LogP) is 2.96. The Hall–Kier alpha value is -1.88. The van der Waals surface area contributed by atoms with Crippen molar-refractivity contribution in [2.75, 3.05) is 0 Å². The fraction of sp³-hybridized carbons (Fsp3) is 0.286. The quantitative estimate of drug-likeness (QED) is 0.754. The average Bonchev–Trinajstić information content (AvgIpc) is 2.25. The summed E-state index contributed by atoms with van der Waals surface area (Å²) >= 11 is 0. The van der Waals surface area contributed by atoms with E-state index in [1.54, 1.807) is 0 Å². The van der Waals surface area contributed by atoms with Crippen molar-refractivity contribution in [3.8, 4) is 6.07 Å². The highest BCUT2D eigenvalue weighted by molar-refractivity contribution is 5.89. The van der Waals surface area contributed by atoms with E-state index in [0.717, 1.165) is 11.1 Å². The van der Waals surface area contributed by atoms with Crippen LogP contribution in [-0.4, -0.2) is 5.78 Å². The number of nitrogens with zero attached hydrogens (tertiary/aromatic N) is 1. The zero-order valence-electron chi connectivity index (χ0n) is 9.23. The molecule has 0 spiro atoms. The van der Waals surface area contributed by atoms with Gasteiger partial charge in [0.2, 0.25) is 0 Å². The summed E-state index contributed by atoms with van der Waals surface area (Å²) < 4.78 is 0. The molecule has 1 fully saturated rings. The van der Waals surface area contributed by atoms with E-state index in [9.17, 15) is 4.79 Å². The Labute approximate surface area is 95.2 Å². The van der Waals surface area contributed by atoms with E-state index in [1.807, 2.05) is 43.3 Å². The molecule has 0 amide bonds. The molecule has 1 aliphatic carbocycles. The second kappa shape index (κ2) is 3.94. The number of nitriles is 1. The summed E-state index contributed by atoms with van der Waals surface area (Å²) in [5.74, 6) is 0.183. The first-order valence-corrected chi connectivity index (χ1v) is 5.33. The van der Waals surface area contributed by atoms with E-state index < -0.39 is 5.41 Å². The molecule has 0 atom stereocenters. The van der Waals surface area contributed by atoms with Gasteiger partial charge in [-0.2, -0.15) is 5.26 Å². The first-order valence-electron chi connectivity index (χ1n) is 5.33. The third-order valence-electron chi connectivity index (χ3n) is 3.15. The van der Waals surface area contributed by atoms with Gasteiger partial charge >= 0.3 is 0 Å². The van der Waals surface area contributed by atoms with Gasteiger partial charge in [-0.3, -0.25) is 4.79 Å². The van der Waals surface area contributed by atoms with Gasteiger partial charge in [0.25, 0.3) is 0 Å². The molecular weight excluding hydrogens is 198 g/mol. The second-order valence-corrected chi connectivity index (χ2v) is 4.32. The van der Waals surface area contributed by atoms with Crippen LogP contribution in [0.25, 0.3) is 6.08 Å². The predicted molar refractivity (Wildman–Crippen MR) is 62.4 cm³/mol. The number of benzene rings is 1.